The number of phenols is 1. The largest absolute Gasteiger partial charge is 0.506 e. The van der Waals surface area contributed by atoms with Crippen LogP contribution in [0.5, 0.6) is 5.75 Å². The van der Waals surface area contributed by atoms with Gasteiger partial charge in [-0.3, -0.25) is 67.1 Å². The highest BCUT2D eigenvalue weighted by Gasteiger charge is 2.48. The SMILES string of the molecule is CCCCCCCCCCCCC[C@@H]1CC(=O)N[C@@H]([C@@H](C)O)C(=O)N[C@H](C)C(=O)N[C@@H](Cc2ccc(O)c(NC(=O)CCN)c2)C(=O)N[C@@H](C(C)C)C(=O)N2C[C@H](O)C[C@H]2C(=O)N[C@@H]([C@@H](C)O)C(=O)N[C@@H]([C@@H](C)O)C(=O)N2CC[C@H](O)[C@H]2C(=O)N[C@@H]([C@H](O)CC(N)=O)C(=O)NCC(=O)N[C@@H]([C@@H](C)O)C(=O)N[C@@H](CCCN)C(=O)O1. The maximum atomic E-state index is 14.9. The third kappa shape index (κ3) is 30.8. The molecule has 25 N–H and O–H groups in total. The maximum Gasteiger partial charge on any atom is 0.328 e. The number of aromatic hydroxyl groups is 1. The number of nitrogens with one attached hydrogen (secondary N) is 11. The van der Waals surface area contributed by atoms with Gasteiger partial charge in [-0.1, -0.05) is 91.0 Å². The smallest absolute Gasteiger partial charge is 0.328 e. The molecule has 1 aromatic carbocycles. The second-order valence-electron chi connectivity index (χ2n) is 29.9. The Labute approximate surface area is 662 Å². The van der Waals surface area contributed by atoms with E-state index in [0.717, 1.165) is 90.4 Å². The van der Waals surface area contributed by atoms with Crippen LogP contribution in [0.1, 0.15) is 183 Å². The van der Waals surface area contributed by atoms with E-state index in [1.807, 2.05) is 0 Å². The molecule has 40 heteroatoms. The maximum absolute atomic E-state index is 14.9. The summed E-state index contributed by atoms with van der Waals surface area (Å²) in [5.41, 5.74) is 16.8. The van der Waals surface area contributed by atoms with Gasteiger partial charge in [-0.05, 0) is 96.9 Å². The summed E-state index contributed by atoms with van der Waals surface area (Å²) < 4.78 is 5.96. The van der Waals surface area contributed by atoms with Gasteiger partial charge in [-0.25, -0.2) is 4.79 Å². The third-order valence-corrected chi connectivity index (χ3v) is 19.7. The molecule has 3 heterocycles. The van der Waals surface area contributed by atoms with E-state index in [4.69, 9.17) is 21.9 Å². The van der Waals surface area contributed by atoms with Gasteiger partial charge in [0.15, 0.2) is 0 Å². The summed E-state index contributed by atoms with van der Waals surface area (Å²) in [6, 6.07) is -16.5. The molecule has 3 saturated heterocycles. The fourth-order valence-corrected chi connectivity index (χ4v) is 13.3. The number of benzene rings is 1. The fourth-order valence-electron chi connectivity index (χ4n) is 13.3. The highest BCUT2D eigenvalue weighted by molar-refractivity contribution is 6.01. The molecule has 3 fully saturated rings. The lowest BCUT2D eigenvalue weighted by Crippen LogP contribution is -2.64. The molecule has 0 aliphatic carbocycles. The summed E-state index contributed by atoms with van der Waals surface area (Å²) >= 11 is 0. The van der Waals surface area contributed by atoms with Gasteiger partial charge in [0, 0.05) is 38.9 Å². The van der Waals surface area contributed by atoms with Crippen LogP contribution >= 0.6 is 0 Å². The van der Waals surface area contributed by atoms with Crippen LogP contribution in [-0.2, 0) is 83.1 Å². The number of cyclic esters (lactones) is 1. The van der Waals surface area contributed by atoms with E-state index < -0.39 is 261 Å². The van der Waals surface area contributed by atoms with Gasteiger partial charge in [-0.15, -0.1) is 0 Å². The number of anilines is 1. The van der Waals surface area contributed by atoms with Crippen molar-refractivity contribution < 1.29 is 118 Å². The second-order valence-corrected chi connectivity index (χ2v) is 29.9. The van der Waals surface area contributed by atoms with Crippen molar-refractivity contribution in [3.8, 4) is 5.75 Å². The van der Waals surface area contributed by atoms with Crippen molar-refractivity contribution in [3.05, 3.63) is 23.8 Å². The monoisotopic (exact) mass is 1620 g/mol. The van der Waals surface area contributed by atoms with E-state index in [1.165, 1.54) is 39.0 Å². The van der Waals surface area contributed by atoms with Crippen molar-refractivity contribution in [1.82, 2.24) is 63.0 Å². The van der Waals surface area contributed by atoms with Crippen LogP contribution < -0.4 is 75.7 Å². The molecule has 0 radical (unpaired) electrons. The molecular formula is C74H122N16O24. The zero-order chi connectivity index (χ0) is 85.4. The van der Waals surface area contributed by atoms with Gasteiger partial charge in [0.1, 0.15) is 78.3 Å². The Morgan fingerprint density at radius 1 is 0.570 bits per heavy atom. The summed E-state index contributed by atoms with van der Waals surface area (Å²) in [6.07, 6.45) is -6.81. The van der Waals surface area contributed by atoms with E-state index >= 15 is 0 Å². The van der Waals surface area contributed by atoms with Crippen molar-refractivity contribution in [2.75, 3.05) is 38.0 Å². The quantitative estimate of drug-likeness (QED) is 0.0211. The Bertz CT molecular complexity index is 3440. The first kappa shape index (κ1) is 97.1. The number of carbonyl (C=O) groups excluding carboxylic acids is 15. The van der Waals surface area contributed by atoms with Crippen molar-refractivity contribution in [1.29, 1.82) is 0 Å². The number of amides is 14. The van der Waals surface area contributed by atoms with Gasteiger partial charge in [0.05, 0.1) is 67.8 Å². The van der Waals surface area contributed by atoms with E-state index in [1.54, 1.807) is 0 Å². The molecule has 0 bridgehead atoms. The van der Waals surface area contributed by atoms with Crippen molar-refractivity contribution >= 4 is 94.4 Å². The zero-order valence-corrected chi connectivity index (χ0v) is 66.2. The number of hydrogen-bond donors (Lipinski definition) is 22. The number of aliphatic hydroxyl groups is 7. The molecule has 0 unspecified atom stereocenters. The minimum absolute atomic E-state index is 0.0311. The van der Waals surface area contributed by atoms with Crippen LogP contribution in [0, 0.1) is 5.92 Å². The molecule has 3 aliphatic rings. The number of fused-ring (bicyclic) bond motifs is 2. The fraction of sp³-hybridized carbons (Fsp3) is 0.716. The zero-order valence-electron chi connectivity index (χ0n) is 66.2. The Kier molecular flexibility index (Phi) is 41.0. The molecule has 0 aromatic heterocycles. The summed E-state index contributed by atoms with van der Waals surface area (Å²) in [7, 11) is 0. The van der Waals surface area contributed by atoms with Gasteiger partial charge in [0.25, 0.3) is 0 Å². The number of hydrogen-bond acceptors (Lipinski definition) is 26. The van der Waals surface area contributed by atoms with Crippen LogP contribution in [0.2, 0.25) is 0 Å². The molecular weight excluding hydrogens is 1500 g/mol. The first-order valence-corrected chi connectivity index (χ1v) is 39.1. The number of nitrogens with zero attached hydrogens (tertiary/aromatic N) is 2. The van der Waals surface area contributed by atoms with Gasteiger partial charge >= 0.3 is 5.97 Å². The second kappa shape index (κ2) is 48.2. The van der Waals surface area contributed by atoms with E-state index in [9.17, 15) is 113 Å². The number of esters is 1. The summed E-state index contributed by atoms with van der Waals surface area (Å²) in [4.78, 5) is 213. The lowest BCUT2D eigenvalue weighted by Gasteiger charge is -2.34. The topological polar surface area (TPSA) is 644 Å². The third-order valence-electron chi connectivity index (χ3n) is 19.7. The number of primary amides is 1. The summed E-state index contributed by atoms with van der Waals surface area (Å²) in [5.74, 6) is -18.5. The number of carbonyl (C=O) groups is 15. The molecule has 0 spiro atoms. The van der Waals surface area contributed by atoms with Crippen molar-refractivity contribution in [2.24, 2.45) is 23.1 Å². The predicted octanol–water partition coefficient (Wildman–Crippen LogP) is -6.18. The van der Waals surface area contributed by atoms with Crippen LogP contribution in [0.3, 0.4) is 0 Å². The van der Waals surface area contributed by atoms with Gasteiger partial charge < -0.3 is 131 Å². The number of aliphatic hydroxyl groups excluding tert-OH is 7. The van der Waals surface area contributed by atoms with Crippen LogP contribution in [0.15, 0.2) is 18.2 Å². The Morgan fingerprint density at radius 2 is 1.10 bits per heavy atom. The van der Waals surface area contributed by atoms with Crippen LogP contribution in [-0.4, -0.2) is 287 Å². The Balaban J connectivity index is 1.85. The van der Waals surface area contributed by atoms with Gasteiger partial charge in [0.2, 0.25) is 82.7 Å². The van der Waals surface area contributed by atoms with Crippen molar-refractivity contribution in [2.45, 2.75) is 299 Å². The minimum atomic E-state index is -2.23. The molecule has 4 rings (SSSR count). The Hall–Kier alpha value is -9.29. The van der Waals surface area contributed by atoms with E-state index in [2.05, 4.69) is 65.4 Å². The predicted molar refractivity (Wildman–Crippen MR) is 408 cm³/mol. The summed E-state index contributed by atoms with van der Waals surface area (Å²) in [5, 5.41) is 114. The van der Waals surface area contributed by atoms with Crippen LogP contribution in [0.25, 0.3) is 0 Å². The minimum Gasteiger partial charge on any atom is -0.506 e. The lowest BCUT2D eigenvalue weighted by atomic mass is 9.99. The van der Waals surface area contributed by atoms with Gasteiger partial charge in [-0.2, -0.15) is 0 Å². The molecule has 642 valence electrons. The van der Waals surface area contributed by atoms with Crippen LogP contribution in [0.4, 0.5) is 5.69 Å². The lowest BCUT2D eigenvalue weighted by molar-refractivity contribution is -0.155. The molecule has 0 saturated carbocycles. The van der Waals surface area contributed by atoms with E-state index in [0.29, 0.717) is 17.7 Å². The number of ether oxygens (including phenoxy) is 1. The number of rotatable bonds is 28. The first-order valence-electron chi connectivity index (χ1n) is 39.1. The average molecular weight is 1620 g/mol. The van der Waals surface area contributed by atoms with E-state index in [-0.39, 0.29) is 56.4 Å². The molecule has 19 atom stereocenters. The normalized spacial score (nSPS) is 27.2. The number of nitrogens with two attached hydrogens (primary N) is 3. The molecule has 3 aliphatic heterocycles. The average Bonchev–Trinajstić information content (AvgIpc) is 1.63. The highest BCUT2D eigenvalue weighted by Crippen LogP contribution is 2.28. The van der Waals surface area contributed by atoms with Crippen molar-refractivity contribution in [3.63, 3.8) is 0 Å². The highest BCUT2D eigenvalue weighted by atomic mass is 16.5. The molecule has 14 amide bonds. The summed E-state index contributed by atoms with van der Waals surface area (Å²) in [6.45, 7) is 8.38. The molecule has 114 heavy (non-hydrogen) atoms. The number of phenolic OH excluding ortho intramolecular Hbond substituents is 1. The standard InChI is InChI=1S/C74H122N16O24/c1-9-10-11-12-13-14-15-16-17-18-19-21-45-33-55(101)83-58(39(5)91)68(107)79-38(4)64(103)82-48(31-43-23-24-50(96)47(30-43)80-54(100)25-28-76)65(104)85-57(37(2)3)72(111)90-36-44(95)32-49(90)66(105)86-60(41(7)93)70(109)87-61(42(8)94)73(112)89-29-26-51(97)63(89)71(110)88-62(52(98)34-53(77)99)67(106)78-35-56(102)84-59(40(6)92)69(108)81-46(22-20-27-75)74(113)114-45/h23-24,30,37-42,44-46,48-49,51-52,57-63,91-98H,9-22,25-29,31-36,75-76H2,1-8H3,(H2,77,99)(H,78,106)(H,79,107)(H,80,100)(H,81,108)(H,82,103)(H,83,101)(H,84,102)(H,85,104)(H,86,105)(H,87,109)(H,88,110)/t38-,39-,40-,41-,42-,44-,45-,46+,48+,49+,51+,52-,57+,58+,59+,60+,61+,62+,63+/m1/s1. The molecule has 40 nitrogen and oxygen atoms in total. The molecule has 1 aromatic rings. The Morgan fingerprint density at radius 3 is 1.67 bits per heavy atom. The number of unbranched alkanes of at least 4 members (excludes halogenated alkanes) is 10. The first-order chi connectivity index (χ1) is 53.7.